The molecular weight excluding hydrogens is 310 g/mol. The molecule has 2 aromatic heterocycles. The molecule has 0 aliphatic rings. The Balaban J connectivity index is 1.51. The van der Waals surface area contributed by atoms with E-state index in [0.717, 1.165) is 5.56 Å². The predicted molar refractivity (Wildman–Crippen MR) is 86.3 cm³/mol. The number of aromatic amines is 1. The molecule has 2 heterocycles. The minimum atomic E-state index is -0.524. The molecule has 24 heavy (non-hydrogen) atoms. The number of aromatic nitrogens is 4. The lowest BCUT2D eigenvalue weighted by Gasteiger charge is -2.07. The Hall–Kier alpha value is -3.29. The maximum Gasteiger partial charge on any atom is 0.407 e. The van der Waals surface area contributed by atoms with E-state index in [2.05, 4.69) is 25.3 Å². The van der Waals surface area contributed by atoms with Gasteiger partial charge >= 0.3 is 6.09 Å². The number of hydrogen-bond acceptors (Lipinski definition) is 6. The van der Waals surface area contributed by atoms with Gasteiger partial charge in [0, 0.05) is 19.2 Å². The van der Waals surface area contributed by atoms with E-state index in [1.165, 1.54) is 12.5 Å². The Kier molecular flexibility index (Phi) is 4.76. The van der Waals surface area contributed by atoms with Crippen molar-refractivity contribution in [2.75, 3.05) is 6.54 Å². The van der Waals surface area contributed by atoms with Crippen LogP contribution in [-0.4, -0.2) is 32.6 Å². The fraction of sp³-hybridized carbons (Fsp3) is 0.188. The van der Waals surface area contributed by atoms with Crippen LogP contribution < -0.4 is 10.9 Å². The number of nitrogens with one attached hydrogen (secondary N) is 2. The summed E-state index contributed by atoms with van der Waals surface area (Å²) in [6, 6.07) is 9.40. The summed E-state index contributed by atoms with van der Waals surface area (Å²) in [6.45, 7) is 0.488. The molecule has 2 N–H and O–H groups in total. The summed E-state index contributed by atoms with van der Waals surface area (Å²) in [7, 11) is 0. The van der Waals surface area contributed by atoms with E-state index in [1.807, 2.05) is 30.3 Å². The highest BCUT2D eigenvalue weighted by atomic mass is 16.5. The Morgan fingerprint density at radius 2 is 2.08 bits per heavy atom. The summed E-state index contributed by atoms with van der Waals surface area (Å²) in [5.41, 5.74) is 0.936. The van der Waals surface area contributed by atoms with Gasteiger partial charge in [0.15, 0.2) is 5.65 Å². The van der Waals surface area contributed by atoms with E-state index in [4.69, 9.17) is 4.74 Å². The molecule has 0 aliphatic carbocycles. The minimum Gasteiger partial charge on any atom is -0.445 e. The van der Waals surface area contributed by atoms with Crippen LogP contribution in [0.2, 0.25) is 0 Å². The van der Waals surface area contributed by atoms with E-state index in [0.29, 0.717) is 23.3 Å². The van der Waals surface area contributed by atoms with Gasteiger partial charge in [-0.05, 0) is 5.56 Å². The third-order valence-electron chi connectivity index (χ3n) is 3.28. The van der Waals surface area contributed by atoms with Crippen LogP contribution in [0.25, 0.3) is 11.0 Å². The highest BCUT2D eigenvalue weighted by molar-refractivity contribution is 5.71. The Labute approximate surface area is 136 Å². The SMILES string of the molecule is O=C(NCCc1nc2ncncc2c(=O)[nH]1)OCc1ccccc1. The number of alkyl carbamates (subject to hydrolysis) is 1. The first-order valence-corrected chi connectivity index (χ1v) is 7.36. The third-order valence-corrected chi connectivity index (χ3v) is 3.28. The van der Waals surface area contributed by atoms with Gasteiger partial charge in [0.2, 0.25) is 0 Å². The lowest BCUT2D eigenvalue weighted by Crippen LogP contribution is -2.27. The van der Waals surface area contributed by atoms with Crippen molar-refractivity contribution < 1.29 is 9.53 Å². The molecule has 1 amide bonds. The number of ether oxygens (including phenoxy) is 1. The van der Waals surface area contributed by atoms with Gasteiger partial charge < -0.3 is 15.0 Å². The second-order valence-electron chi connectivity index (χ2n) is 5.01. The average molecular weight is 325 g/mol. The smallest absolute Gasteiger partial charge is 0.407 e. The standard InChI is InChI=1S/C16H15N5O3/c22-15-12-8-17-10-19-14(12)20-13(21-15)6-7-18-16(23)24-9-11-4-2-1-3-5-11/h1-5,8,10H,6-7,9H2,(H,18,23)(H,17,19,20,21,22). The Morgan fingerprint density at radius 3 is 2.92 bits per heavy atom. The number of carbonyl (C=O) groups is 1. The van der Waals surface area contributed by atoms with Gasteiger partial charge in [-0.2, -0.15) is 0 Å². The van der Waals surface area contributed by atoms with Gasteiger partial charge in [0.1, 0.15) is 24.1 Å². The molecule has 8 nitrogen and oxygen atoms in total. The minimum absolute atomic E-state index is 0.203. The molecule has 0 radical (unpaired) electrons. The van der Waals surface area contributed by atoms with Crippen LogP contribution in [0.1, 0.15) is 11.4 Å². The summed E-state index contributed by atoms with van der Waals surface area (Å²) < 4.78 is 5.10. The molecule has 0 fully saturated rings. The normalized spacial score (nSPS) is 10.5. The molecule has 0 unspecified atom stereocenters. The molecule has 8 heteroatoms. The second kappa shape index (κ2) is 7.32. The van der Waals surface area contributed by atoms with Crippen molar-refractivity contribution in [2.24, 2.45) is 0 Å². The molecule has 122 valence electrons. The molecule has 0 saturated heterocycles. The zero-order valence-electron chi connectivity index (χ0n) is 12.7. The molecule has 0 atom stereocenters. The molecule has 3 rings (SSSR count). The number of amides is 1. The average Bonchev–Trinajstić information content (AvgIpc) is 2.61. The van der Waals surface area contributed by atoms with Crippen molar-refractivity contribution in [3.63, 3.8) is 0 Å². The van der Waals surface area contributed by atoms with Crippen LogP contribution >= 0.6 is 0 Å². The summed E-state index contributed by atoms with van der Waals surface area (Å²) in [5, 5.41) is 2.94. The van der Waals surface area contributed by atoms with Crippen LogP contribution in [0.3, 0.4) is 0 Å². The number of nitrogens with zero attached hydrogens (tertiary/aromatic N) is 3. The quantitative estimate of drug-likeness (QED) is 0.729. The summed E-state index contributed by atoms with van der Waals surface area (Å²) in [6.07, 6.45) is 2.58. The van der Waals surface area contributed by atoms with Crippen LogP contribution in [0.15, 0.2) is 47.7 Å². The lowest BCUT2D eigenvalue weighted by atomic mass is 10.2. The number of benzene rings is 1. The van der Waals surface area contributed by atoms with Crippen molar-refractivity contribution in [1.82, 2.24) is 25.3 Å². The first-order valence-electron chi connectivity index (χ1n) is 7.36. The maximum atomic E-state index is 11.9. The van der Waals surface area contributed by atoms with Gasteiger partial charge in [-0.15, -0.1) is 0 Å². The van der Waals surface area contributed by atoms with E-state index in [9.17, 15) is 9.59 Å². The van der Waals surface area contributed by atoms with Crippen molar-refractivity contribution in [2.45, 2.75) is 13.0 Å². The van der Waals surface area contributed by atoms with E-state index in [-0.39, 0.29) is 18.7 Å². The highest BCUT2D eigenvalue weighted by Gasteiger charge is 2.06. The third kappa shape index (κ3) is 3.92. The highest BCUT2D eigenvalue weighted by Crippen LogP contribution is 2.01. The summed E-state index contributed by atoms with van der Waals surface area (Å²) in [5.74, 6) is 0.439. The molecular formula is C16H15N5O3. The number of hydrogen-bond donors (Lipinski definition) is 2. The Morgan fingerprint density at radius 1 is 1.25 bits per heavy atom. The van der Waals surface area contributed by atoms with E-state index < -0.39 is 6.09 Å². The monoisotopic (exact) mass is 325 g/mol. The van der Waals surface area contributed by atoms with Crippen LogP contribution in [0.5, 0.6) is 0 Å². The van der Waals surface area contributed by atoms with Crippen LogP contribution in [0.4, 0.5) is 4.79 Å². The topological polar surface area (TPSA) is 110 Å². The number of H-pyrrole nitrogens is 1. The molecule has 0 bridgehead atoms. The fourth-order valence-electron chi connectivity index (χ4n) is 2.10. The molecule has 0 aliphatic heterocycles. The van der Waals surface area contributed by atoms with Gasteiger partial charge in [-0.3, -0.25) is 4.79 Å². The number of fused-ring (bicyclic) bond motifs is 1. The number of rotatable bonds is 5. The maximum absolute atomic E-state index is 11.9. The fourth-order valence-corrected chi connectivity index (χ4v) is 2.10. The molecule has 1 aromatic carbocycles. The Bertz CT molecular complexity index is 895. The van der Waals surface area contributed by atoms with E-state index >= 15 is 0 Å². The summed E-state index contributed by atoms with van der Waals surface area (Å²) in [4.78, 5) is 38.1. The van der Waals surface area contributed by atoms with Gasteiger partial charge in [-0.25, -0.2) is 19.7 Å². The van der Waals surface area contributed by atoms with Crippen LogP contribution in [-0.2, 0) is 17.8 Å². The van der Waals surface area contributed by atoms with Gasteiger partial charge in [-0.1, -0.05) is 30.3 Å². The van der Waals surface area contributed by atoms with Gasteiger partial charge in [0.25, 0.3) is 5.56 Å². The zero-order chi connectivity index (χ0) is 16.8. The molecule has 0 saturated carbocycles. The number of carbonyl (C=O) groups excluding carboxylic acids is 1. The predicted octanol–water partition coefficient (Wildman–Crippen LogP) is 1.18. The molecule has 0 spiro atoms. The lowest BCUT2D eigenvalue weighted by molar-refractivity contribution is 0.140. The first-order chi connectivity index (χ1) is 11.7. The second-order valence-corrected chi connectivity index (χ2v) is 5.01. The van der Waals surface area contributed by atoms with Crippen molar-refractivity contribution >= 4 is 17.1 Å². The van der Waals surface area contributed by atoms with Crippen LogP contribution in [0, 0.1) is 0 Å². The summed E-state index contributed by atoms with van der Waals surface area (Å²) >= 11 is 0. The first kappa shape index (κ1) is 15.6. The zero-order valence-corrected chi connectivity index (χ0v) is 12.7. The molecule has 3 aromatic rings. The largest absolute Gasteiger partial charge is 0.445 e. The van der Waals surface area contributed by atoms with Crippen molar-refractivity contribution in [3.05, 3.63) is 64.6 Å². The van der Waals surface area contributed by atoms with E-state index in [1.54, 1.807) is 0 Å². The van der Waals surface area contributed by atoms with Gasteiger partial charge in [0.05, 0.1) is 0 Å². The van der Waals surface area contributed by atoms with Crippen molar-refractivity contribution in [1.29, 1.82) is 0 Å². The van der Waals surface area contributed by atoms with Crippen molar-refractivity contribution in [3.8, 4) is 0 Å².